The van der Waals surface area contributed by atoms with E-state index < -0.39 is 6.09 Å². The molecule has 156 valence electrons. The average Bonchev–Trinajstić information content (AvgIpc) is 3.11. The first-order valence-electron chi connectivity index (χ1n) is 10.5. The predicted molar refractivity (Wildman–Crippen MR) is 122 cm³/mol. The maximum atomic E-state index is 12.2. The van der Waals surface area contributed by atoms with Gasteiger partial charge in [0.15, 0.2) is 0 Å². The number of hydrogen-bond donors (Lipinski definition) is 2. The van der Waals surface area contributed by atoms with E-state index in [1.54, 1.807) is 0 Å². The van der Waals surface area contributed by atoms with Crippen molar-refractivity contribution in [1.82, 2.24) is 5.32 Å². The third-order valence-electron chi connectivity index (χ3n) is 5.61. The quantitative estimate of drug-likeness (QED) is 0.470. The lowest BCUT2D eigenvalue weighted by Crippen LogP contribution is -2.26. The van der Waals surface area contributed by atoms with Crippen molar-refractivity contribution in [2.45, 2.75) is 25.9 Å². The fourth-order valence-electron chi connectivity index (χ4n) is 3.99. The van der Waals surface area contributed by atoms with Gasteiger partial charge in [0, 0.05) is 24.4 Å². The van der Waals surface area contributed by atoms with Crippen molar-refractivity contribution in [1.29, 1.82) is 0 Å². The second-order valence-corrected chi connectivity index (χ2v) is 7.60. The number of carbonyl (C=O) groups excluding carboxylic acids is 1. The Balaban J connectivity index is 1.28. The molecule has 4 rings (SSSR count). The number of hydrogen-bond acceptors (Lipinski definition) is 3. The van der Waals surface area contributed by atoms with Gasteiger partial charge >= 0.3 is 6.09 Å². The lowest BCUT2D eigenvalue weighted by Gasteiger charge is -2.14. The summed E-state index contributed by atoms with van der Waals surface area (Å²) >= 11 is 0. The molecule has 0 aromatic heterocycles. The number of amides is 1. The minimum atomic E-state index is -0.424. The van der Waals surface area contributed by atoms with Gasteiger partial charge in [-0.2, -0.15) is 0 Å². The Kier molecular flexibility index (Phi) is 6.35. The zero-order chi connectivity index (χ0) is 21.6. The lowest BCUT2D eigenvalue weighted by molar-refractivity contribution is 0.143. The minimum Gasteiger partial charge on any atom is -0.449 e. The normalized spacial score (nSPS) is 11.8. The van der Waals surface area contributed by atoms with Crippen molar-refractivity contribution in [3.8, 4) is 23.0 Å². The Morgan fingerprint density at radius 3 is 2.35 bits per heavy atom. The van der Waals surface area contributed by atoms with E-state index in [1.807, 2.05) is 49.4 Å². The van der Waals surface area contributed by atoms with Crippen LogP contribution in [0.15, 0.2) is 66.7 Å². The van der Waals surface area contributed by atoms with Gasteiger partial charge in [-0.05, 0) is 52.4 Å². The van der Waals surface area contributed by atoms with E-state index in [-0.39, 0.29) is 12.5 Å². The van der Waals surface area contributed by atoms with E-state index in [1.165, 1.54) is 22.3 Å². The molecule has 0 bridgehead atoms. The van der Waals surface area contributed by atoms with Crippen LogP contribution in [0.2, 0.25) is 0 Å². The second-order valence-electron chi connectivity index (χ2n) is 7.60. The SMILES string of the molecule is Cc1cc(C#CCCNC(=O)OCC2c3ccccc3-c3ccccc32)ccc1CO. The Labute approximate surface area is 182 Å². The number of alkyl carbamates (subject to hydrolysis) is 1. The van der Waals surface area contributed by atoms with Crippen LogP contribution in [0.4, 0.5) is 4.79 Å². The van der Waals surface area contributed by atoms with E-state index in [9.17, 15) is 9.90 Å². The molecule has 0 aliphatic heterocycles. The first-order valence-corrected chi connectivity index (χ1v) is 10.5. The zero-order valence-electron chi connectivity index (χ0n) is 17.5. The molecule has 0 saturated carbocycles. The van der Waals surface area contributed by atoms with E-state index >= 15 is 0 Å². The van der Waals surface area contributed by atoms with Crippen LogP contribution in [0.1, 0.15) is 40.2 Å². The number of aryl methyl sites for hydroxylation is 1. The Morgan fingerprint density at radius 1 is 1.03 bits per heavy atom. The molecule has 0 heterocycles. The Bertz CT molecular complexity index is 1110. The van der Waals surface area contributed by atoms with Crippen LogP contribution in [-0.4, -0.2) is 24.4 Å². The monoisotopic (exact) mass is 411 g/mol. The molecule has 4 heteroatoms. The highest BCUT2D eigenvalue weighted by Crippen LogP contribution is 2.44. The molecule has 0 atom stereocenters. The molecule has 0 saturated heterocycles. The Hall–Kier alpha value is -3.55. The number of aliphatic hydroxyl groups excluding tert-OH is 1. The summed E-state index contributed by atoms with van der Waals surface area (Å²) in [6.45, 7) is 2.72. The van der Waals surface area contributed by atoms with Crippen LogP contribution in [0.5, 0.6) is 0 Å². The Morgan fingerprint density at radius 2 is 1.71 bits per heavy atom. The standard InChI is InChI=1S/C27H25NO3/c1-19-16-20(13-14-21(19)17-29)8-6-7-15-28-27(30)31-18-26-24-11-4-2-9-22(24)23-10-3-5-12-25(23)26/h2-5,9-14,16,26,29H,7,15,17-18H2,1H3,(H,28,30). The van der Waals surface area contributed by atoms with Crippen LogP contribution >= 0.6 is 0 Å². The highest BCUT2D eigenvalue weighted by molar-refractivity contribution is 5.79. The summed E-state index contributed by atoms with van der Waals surface area (Å²) in [6.07, 6.45) is 0.108. The van der Waals surface area contributed by atoms with Crippen LogP contribution in [0.3, 0.4) is 0 Å². The van der Waals surface area contributed by atoms with Gasteiger partial charge in [-0.15, -0.1) is 0 Å². The molecule has 0 unspecified atom stereocenters. The minimum absolute atomic E-state index is 0.0313. The summed E-state index contributed by atoms with van der Waals surface area (Å²) in [6, 6.07) is 22.3. The number of rotatable bonds is 5. The highest BCUT2D eigenvalue weighted by Gasteiger charge is 2.28. The summed E-state index contributed by atoms with van der Waals surface area (Å²) in [5.74, 6) is 6.21. The number of ether oxygens (including phenoxy) is 1. The summed E-state index contributed by atoms with van der Waals surface area (Å²) in [7, 11) is 0. The van der Waals surface area contributed by atoms with Crippen molar-refractivity contribution in [3.05, 3.63) is 94.5 Å². The van der Waals surface area contributed by atoms with Gasteiger partial charge in [0.05, 0.1) is 6.61 Å². The maximum Gasteiger partial charge on any atom is 0.407 e. The molecule has 1 aliphatic carbocycles. The lowest BCUT2D eigenvalue weighted by atomic mass is 9.98. The molecule has 4 nitrogen and oxygen atoms in total. The van der Waals surface area contributed by atoms with Gasteiger partial charge in [-0.3, -0.25) is 0 Å². The largest absolute Gasteiger partial charge is 0.449 e. The van der Waals surface area contributed by atoms with Crippen molar-refractivity contribution in [2.75, 3.05) is 13.2 Å². The van der Waals surface area contributed by atoms with Gasteiger partial charge in [0.25, 0.3) is 0 Å². The molecule has 3 aromatic rings. The van der Waals surface area contributed by atoms with E-state index in [0.29, 0.717) is 19.6 Å². The molecule has 1 amide bonds. The van der Waals surface area contributed by atoms with E-state index in [2.05, 4.69) is 41.4 Å². The number of carbonyl (C=O) groups is 1. The smallest absolute Gasteiger partial charge is 0.407 e. The number of benzene rings is 3. The van der Waals surface area contributed by atoms with Crippen LogP contribution < -0.4 is 5.32 Å². The molecule has 0 spiro atoms. The second kappa shape index (κ2) is 9.51. The van der Waals surface area contributed by atoms with Crippen molar-refractivity contribution in [3.63, 3.8) is 0 Å². The van der Waals surface area contributed by atoms with E-state index in [0.717, 1.165) is 16.7 Å². The van der Waals surface area contributed by atoms with Gasteiger partial charge in [0.1, 0.15) is 6.61 Å². The number of nitrogens with one attached hydrogen (secondary N) is 1. The van der Waals surface area contributed by atoms with Gasteiger partial charge < -0.3 is 15.2 Å². The molecular weight excluding hydrogens is 386 g/mol. The van der Waals surface area contributed by atoms with Crippen LogP contribution in [-0.2, 0) is 11.3 Å². The van der Waals surface area contributed by atoms with Crippen LogP contribution in [0, 0.1) is 18.8 Å². The molecule has 0 fully saturated rings. The summed E-state index contributed by atoms with van der Waals surface area (Å²) in [5, 5.41) is 12.0. The predicted octanol–water partition coefficient (Wildman–Crippen LogP) is 4.77. The van der Waals surface area contributed by atoms with Gasteiger partial charge in [-0.1, -0.05) is 66.4 Å². The molecule has 0 radical (unpaired) electrons. The third-order valence-corrected chi connectivity index (χ3v) is 5.61. The molecule has 31 heavy (non-hydrogen) atoms. The fourth-order valence-corrected chi connectivity index (χ4v) is 3.99. The number of fused-ring (bicyclic) bond motifs is 3. The molecule has 2 N–H and O–H groups in total. The fraction of sp³-hybridized carbons (Fsp3) is 0.222. The van der Waals surface area contributed by atoms with Crippen molar-refractivity contribution in [2.24, 2.45) is 0 Å². The third kappa shape index (κ3) is 4.63. The zero-order valence-corrected chi connectivity index (χ0v) is 17.5. The maximum absolute atomic E-state index is 12.2. The van der Waals surface area contributed by atoms with Gasteiger partial charge in [0.2, 0.25) is 0 Å². The first-order chi connectivity index (χ1) is 15.2. The van der Waals surface area contributed by atoms with Crippen molar-refractivity contribution < 1.29 is 14.6 Å². The van der Waals surface area contributed by atoms with E-state index in [4.69, 9.17) is 4.74 Å². The number of aliphatic hydroxyl groups is 1. The first kappa shape index (κ1) is 20.7. The summed E-state index contributed by atoms with van der Waals surface area (Å²) < 4.78 is 5.52. The molecule has 3 aromatic carbocycles. The average molecular weight is 412 g/mol. The summed E-state index contributed by atoms with van der Waals surface area (Å²) in [4.78, 5) is 12.2. The topological polar surface area (TPSA) is 58.6 Å². The van der Waals surface area contributed by atoms with Gasteiger partial charge in [-0.25, -0.2) is 4.79 Å². The van der Waals surface area contributed by atoms with Crippen molar-refractivity contribution >= 4 is 6.09 Å². The molecule has 1 aliphatic rings. The molecular formula is C27H25NO3. The summed E-state index contributed by atoms with van der Waals surface area (Å²) in [5.41, 5.74) is 7.65. The highest BCUT2D eigenvalue weighted by atomic mass is 16.5. The van der Waals surface area contributed by atoms with Crippen LogP contribution in [0.25, 0.3) is 11.1 Å².